The van der Waals surface area contributed by atoms with E-state index in [1.54, 1.807) is 17.7 Å². The van der Waals surface area contributed by atoms with Gasteiger partial charge in [-0.2, -0.15) is 13.2 Å². The Kier molecular flexibility index (Phi) is 5.15. The summed E-state index contributed by atoms with van der Waals surface area (Å²) in [5.74, 6) is -0.309. The van der Waals surface area contributed by atoms with E-state index in [4.69, 9.17) is 23.2 Å². The minimum atomic E-state index is -4.56. The molecule has 3 aromatic rings. The van der Waals surface area contributed by atoms with Crippen LogP contribution in [0.2, 0.25) is 10.3 Å². The normalized spacial score (nSPS) is 16.7. The number of alkyl halides is 3. The van der Waals surface area contributed by atoms with Crippen LogP contribution in [0.1, 0.15) is 28.9 Å². The zero-order valence-corrected chi connectivity index (χ0v) is 16.9. The summed E-state index contributed by atoms with van der Waals surface area (Å²) < 4.78 is 40.5. The Morgan fingerprint density at radius 2 is 1.97 bits per heavy atom. The van der Waals surface area contributed by atoms with Crippen molar-refractivity contribution in [2.24, 2.45) is 0 Å². The van der Waals surface area contributed by atoms with Gasteiger partial charge in [0, 0.05) is 18.8 Å². The smallest absolute Gasteiger partial charge is 0.326 e. The van der Waals surface area contributed by atoms with Gasteiger partial charge in [0.05, 0.1) is 23.5 Å². The molecule has 0 aliphatic carbocycles. The number of halogens is 5. The Balaban J connectivity index is 1.64. The number of carbonyl (C=O) groups is 1. The molecule has 0 aromatic carbocycles. The molecule has 0 spiro atoms. The number of rotatable bonds is 3. The van der Waals surface area contributed by atoms with Crippen LogP contribution in [0, 0.1) is 0 Å². The highest BCUT2D eigenvalue weighted by Crippen LogP contribution is 2.30. The third-order valence-corrected chi connectivity index (χ3v) is 5.07. The predicted octanol–water partition coefficient (Wildman–Crippen LogP) is 4.11. The van der Waals surface area contributed by atoms with E-state index in [2.05, 4.69) is 19.9 Å². The van der Waals surface area contributed by atoms with E-state index in [-0.39, 0.29) is 40.1 Å². The van der Waals surface area contributed by atoms with Gasteiger partial charge in [-0.05, 0) is 30.7 Å². The summed E-state index contributed by atoms with van der Waals surface area (Å²) in [5, 5.41) is 0.206. The highest BCUT2D eigenvalue weighted by Gasteiger charge is 2.35. The maximum absolute atomic E-state index is 13.0. The van der Waals surface area contributed by atoms with Crippen LogP contribution in [-0.4, -0.2) is 41.4 Å². The molecule has 156 valence electrons. The van der Waals surface area contributed by atoms with E-state index in [0.29, 0.717) is 12.2 Å². The Labute approximate surface area is 178 Å². The Bertz CT molecular complexity index is 1130. The zero-order valence-electron chi connectivity index (χ0n) is 15.4. The molecule has 0 unspecified atom stereocenters. The summed E-state index contributed by atoms with van der Waals surface area (Å²) in [4.78, 5) is 30.2. The van der Waals surface area contributed by atoms with Gasteiger partial charge < -0.3 is 9.47 Å². The average Bonchev–Trinajstić information content (AvgIpc) is 3.10. The molecule has 7 nitrogen and oxygen atoms in total. The van der Waals surface area contributed by atoms with Crippen LogP contribution >= 0.6 is 23.2 Å². The van der Waals surface area contributed by atoms with Gasteiger partial charge in [-0.25, -0.2) is 19.9 Å². The summed E-state index contributed by atoms with van der Waals surface area (Å²) in [7, 11) is 0. The summed E-state index contributed by atoms with van der Waals surface area (Å²) in [6, 6.07) is 3.31. The fourth-order valence-corrected chi connectivity index (χ4v) is 3.53. The lowest BCUT2D eigenvalue weighted by molar-refractivity contribution is -0.141. The number of imidazole rings is 1. The SMILES string of the molecule is C[C@H]1Cn2cc(-c3nc(Cl)ncc3Cl)nc2C(=O)N1Cc1cccc(C(F)(F)F)n1. The lowest BCUT2D eigenvalue weighted by Gasteiger charge is -2.33. The second-order valence-electron chi connectivity index (χ2n) is 6.73. The molecule has 0 fully saturated rings. The monoisotopic (exact) mass is 456 g/mol. The first kappa shape index (κ1) is 20.5. The average molecular weight is 457 g/mol. The van der Waals surface area contributed by atoms with Crippen LogP contribution < -0.4 is 0 Å². The molecule has 4 rings (SSSR count). The third-order valence-electron chi connectivity index (χ3n) is 4.61. The molecule has 0 saturated heterocycles. The van der Waals surface area contributed by atoms with E-state index >= 15 is 0 Å². The van der Waals surface area contributed by atoms with Gasteiger partial charge in [0.2, 0.25) is 5.28 Å². The number of nitrogens with zero attached hydrogens (tertiary/aromatic N) is 6. The van der Waals surface area contributed by atoms with Crippen molar-refractivity contribution >= 4 is 29.1 Å². The van der Waals surface area contributed by atoms with Crippen LogP contribution in [0.4, 0.5) is 13.2 Å². The van der Waals surface area contributed by atoms with Gasteiger partial charge in [0.1, 0.15) is 17.1 Å². The molecule has 0 radical (unpaired) electrons. The molecule has 1 aliphatic rings. The van der Waals surface area contributed by atoms with Crippen molar-refractivity contribution in [2.75, 3.05) is 0 Å². The van der Waals surface area contributed by atoms with Gasteiger partial charge in [-0.15, -0.1) is 0 Å². The largest absolute Gasteiger partial charge is 0.433 e. The van der Waals surface area contributed by atoms with Crippen LogP contribution in [0.25, 0.3) is 11.4 Å². The molecule has 1 atom stereocenters. The van der Waals surface area contributed by atoms with Crippen LogP contribution in [0.3, 0.4) is 0 Å². The number of hydrogen-bond acceptors (Lipinski definition) is 5. The fraction of sp³-hybridized carbons (Fsp3) is 0.278. The number of hydrogen-bond donors (Lipinski definition) is 0. The number of fused-ring (bicyclic) bond motifs is 1. The first-order chi connectivity index (χ1) is 14.1. The zero-order chi connectivity index (χ0) is 21.6. The maximum Gasteiger partial charge on any atom is 0.433 e. The second-order valence-corrected chi connectivity index (χ2v) is 7.48. The van der Waals surface area contributed by atoms with Crippen LogP contribution in [0.15, 0.2) is 30.6 Å². The molecule has 1 aliphatic heterocycles. The molecular weight excluding hydrogens is 444 g/mol. The Hall–Kier alpha value is -2.72. The van der Waals surface area contributed by atoms with E-state index in [9.17, 15) is 18.0 Å². The summed E-state index contributed by atoms with van der Waals surface area (Å²) in [6.45, 7) is 2.11. The summed E-state index contributed by atoms with van der Waals surface area (Å²) in [5.41, 5.74) is -0.240. The molecule has 0 bridgehead atoms. The van der Waals surface area contributed by atoms with Gasteiger partial charge >= 0.3 is 6.18 Å². The highest BCUT2D eigenvalue weighted by molar-refractivity contribution is 6.33. The van der Waals surface area contributed by atoms with E-state index in [0.717, 1.165) is 6.07 Å². The van der Waals surface area contributed by atoms with Crippen LogP contribution in [-0.2, 0) is 19.3 Å². The van der Waals surface area contributed by atoms with Crippen molar-refractivity contribution in [2.45, 2.75) is 32.2 Å². The predicted molar refractivity (Wildman–Crippen MR) is 102 cm³/mol. The maximum atomic E-state index is 13.0. The molecule has 4 heterocycles. The van der Waals surface area contributed by atoms with Crippen molar-refractivity contribution in [1.29, 1.82) is 0 Å². The lowest BCUT2D eigenvalue weighted by Crippen LogP contribution is -2.46. The van der Waals surface area contributed by atoms with Gasteiger partial charge in [0.15, 0.2) is 5.82 Å². The van der Waals surface area contributed by atoms with Crippen LogP contribution in [0.5, 0.6) is 0 Å². The highest BCUT2D eigenvalue weighted by atomic mass is 35.5. The van der Waals surface area contributed by atoms with E-state index in [1.165, 1.54) is 23.2 Å². The fourth-order valence-electron chi connectivity index (χ4n) is 3.20. The second kappa shape index (κ2) is 7.51. The molecule has 30 heavy (non-hydrogen) atoms. The van der Waals surface area contributed by atoms with Crippen molar-refractivity contribution in [3.05, 3.63) is 58.1 Å². The van der Waals surface area contributed by atoms with Gasteiger partial charge in [0.25, 0.3) is 5.91 Å². The number of amides is 1. The molecular formula is C18H13Cl2F3N6O. The van der Waals surface area contributed by atoms with Gasteiger partial charge in [-0.3, -0.25) is 4.79 Å². The molecule has 0 saturated carbocycles. The molecule has 12 heteroatoms. The molecule has 0 N–H and O–H groups in total. The first-order valence-corrected chi connectivity index (χ1v) is 9.48. The number of carbonyl (C=O) groups excluding carboxylic acids is 1. The number of pyridine rings is 1. The minimum absolute atomic E-state index is 0.0164. The van der Waals surface area contributed by atoms with Crippen molar-refractivity contribution in [3.8, 4) is 11.4 Å². The van der Waals surface area contributed by atoms with E-state index < -0.39 is 17.8 Å². The van der Waals surface area contributed by atoms with Crippen molar-refractivity contribution < 1.29 is 18.0 Å². The van der Waals surface area contributed by atoms with Gasteiger partial charge in [-0.1, -0.05) is 17.7 Å². The van der Waals surface area contributed by atoms with Crippen molar-refractivity contribution in [3.63, 3.8) is 0 Å². The quantitative estimate of drug-likeness (QED) is 0.554. The summed E-state index contributed by atoms with van der Waals surface area (Å²) in [6.07, 6.45) is -1.59. The Morgan fingerprint density at radius 1 is 1.20 bits per heavy atom. The molecule has 3 aromatic heterocycles. The first-order valence-electron chi connectivity index (χ1n) is 8.73. The minimum Gasteiger partial charge on any atom is -0.326 e. The topological polar surface area (TPSA) is 76.8 Å². The standard InChI is InChI=1S/C18H13Cl2F3N6O/c1-9-6-28-8-12(14-11(19)5-24-17(20)27-14)26-15(28)16(30)29(9)7-10-3-2-4-13(25-10)18(21,22)23/h2-5,8-9H,6-7H2,1H3/t9-/m0/s1. The Morgan fingerprint density at radius 3 is 2.70 bits per heavy atom. The van der Waals surface area contributed by atoms with E-state index in [1.807, 2.05) is 0 Å². The molecule has 1 amide bonds. The lowest BCUT2D eigenvalue weighted by atomic mass is 10.2. The number of aromatic nitrogens is 5. The third kappa shape index (κ3) is 3.84. The summed E-state index contributed by atoms with van der Waals surface area (Å²) >= 11 is 11.9. The van der Waals surface area contributed by atoms with Crippen molar-refractivity contribution in [1.82, 2.24) is 29.4 Å².